The third-order valence-corrected chi connectivity index (χ3v) is 1.18. The highest BCUT2D eigenvalue weighted by Crippen LogP contribution is 1.75. The maximum atomic E-state index is 5.05. The number of hydrazine groups is 1. The summed E-state index contributed by atoms with van der Waals surface area (Å²) >= 11 is 0. The van der Waals surface area contributed by atoms with Crippen LogP contribution in [-0.4, -0.2) is 31.6 Å². The van der Waals surface area contributed by atoms with E-state index in [4.69, 9.17) is 5.84 Å². The van der Waals surface area contributed by atoms with Crippen molar-refractivity contribution in [3.05, 3.63) is 0 Å². The Hall–Kier alpha value is -0.120. The van der Waals surface area contributed by atoms with Gasteiger partial charge >= 0.3 is 0 Å². The molecule has 0 amide bonds. The van der Waals surface area contributed by atoms with Crippen LogP contribution in [0.15, 0.2) is 0 Å². The highest BCUT2D eigenvalue weighted by molar-refractivity contribution is 4.46. The molecule has 0 unspecified atom stereocenters. The molecular weight excluding hydrogens is 102 g/mol. The summed E-state index contributed by atoms with van der Waals surface area (Å²) in [7, 11) is 2.07. The van der Waals surface area contributed by atoms with E-state index in [1.54, 1.807) is 0 Å². The number of hydrogen-bond acceptors (Lipinski definition) is 3. The predicted molar refractivity (Wildman–Crippen MR) is 35.4 cm³/mol. The highest BCUT2D eigenvalue weighted by Gasteiger charge is 1.89. The molecule has 0 aliphatic heterocycles. The Morgan fingerprint density at radius 1 is 1.62 bits per heavy atom. The van der Waals surface area contributed by atoms with Gasteiger partial charge in [-0.05, 0) is 13.6 Å². The van der Waals surface area contributed by atoms with Crippen molar-refractivity contribution >= 4 is 0 Å². The van der Waals surface area contributed by atoms with Gasteiger partial charge in [0.2, 0.25) is 0 Å². The third-order valence-electron chi connectivity index (χ3n) is 1.18. The Kier molecular flexibility index (Phi) is 4.95. The second-order valence-electron chi connectivity index (χ2n) is 1.85. The number of likely N-dealkylation sites (N-methyl/N-ethyl adjacent to an activating group) is 1. The van der Waals surface area contributed by atoms with Gasteiger partial charge in [-0.2, -0.15) is 0 Å². The molecule has 0 heterocycles. The molecule has 0 aromatic rings. The number of nitrogens with one attached hydrogen (secondary N) is 1. The van der Waals surface area contributed by atoms with Crippen LogP contribution in [0, 0.1) is 0 Å². The summed E-state index contributed by atoms with van der Waals surface area (Å²) in [4.78, 5) is 2.19. The van der Waals surface area contributed by atoms with Crippen molar-refractivity contribution in [2.45, 2.75) is 6.92 Å². The molecule has 0 radical (unpaired) electrons. The first-order valence-corrected chi connectivity index (χ1v) is 2.93. The number of nitrogens with zero attached hydrogens (tertiary/aromatic N) is 1. The van der Waals surface area contributed by atoms with E-state index in [9.17, 15) is 0 Å². The lowest BCUT2D eigenvalue weighted by atomic mass is 10.5. The molecule has 0 rings (SSSR count). The molecule has 0 aliphatic rings. The van der Waals surface area contributed by atoms with Gasteiger partial charge in [0.05, 0.1) is 0 Å². The number of rotatable bonds is 4. The molecule has 0 saturated carbocycles. The second-order valence-corrected chi connectivity index (χ2v) is 1.85. The van der Waals surface area contributed by atoms with Crippen molar-refractivity contribution in [1.82, 2.24) is 10.3 Å². The van der Waals surface area contributed by atoms with E-state index in [0.717, 1.165) is 19.6 Å². The van der Waals surface area contributed by atoms with E-state index >= 15 is 0 Å². The number of nitrogens with two attached hydrogens (primary N) is 1. The van der Waals surface area contributed by atoms with Crippen LogP contribution >= 0.6 is 0 Å². The molecule has 0 atom stereocenters. The van der Waals surface area contributed by atoms with E-state index in [1.165, 1.54) is 0 Å². The first-order valence-electron chi connectivity index (χ1n) is 2.93. The molecule has 3 heteroatoms. The second kappa shape index (κ2) is 5.03. The molecule has 0 spiro atoms. The highest BCUT2D eigenvalue weighted by atomic mass is 15.2. The summed E-state index contributed by atoms with van der Waals surface area (Å²) in [5.74, 6) is 5.05. The molecule has 0 aromatic carbocycles. The molecule has 3 nitrogen and oxygen atoms in total. The van der Waals surface area contributed by atoms with E-state index in [0.29, 0.717) is 0 Å². The molecule has 0 bridgehead atoms. The molecule has 0 aromatic heterocycles. The largest absolute Gasteiger partial charge is 0.305 e. The van der Waals surface area contributed by atoms with E-state index < -0.39 is 0 Å². The SMILES string of the molecule is CCN(C)CCNN. The van der Waals surface area contributed by atoms with Crippen LogP contribution in [0.3, 0.4) is 0 Å². The van der Waals surface area contributed by atoms with Crippen LogP contribution in [0.2, 0.25) is 0 Å². The van der Waals surface area contributed by atoms with Gasteiger partial charge in [-0.25, -0.2) is 0 Å². The fraction of sp³-hybridized carbons (Fsp3) is 1.00. The summed E-state index contributed by atoms with van der Waals surface area (Å²) in [6, 6.07) is 0. The van der Waals surface area contributed by atoms with Gasteiger partial charge < -0.3 is 4.90 Å². The fourth-order valence-electron chi connectivity index (χ4n) is 0.414. The van der Waals surface area contributed by atoms with Crippen molar-refractivity contribution in [2.24, 2.45) is 5.84 Å². The van der Waals surface area contributed by atoms with Gasteiger partial charge in [0.1, 0.15) is 0 Å². The lowest BCUT2D eigenvalue weighted by Gasteiger charge is -2.11. The number of hydrogen-bond donors (Lipinski definition) is 2. The van der Waals surface area contributed by atoms with E-state index in [-0.39, 0.29) is 0 Å². The van der Waals surface area contributed by atoms with E-state index in [2.05, 4.69) is 24.3 Å². The summed E-state index contributed by atoms with van der Waals surface area (Å²) in [6.07, 6.45) is 0. The average molecular weight is 117 g/mol. The normalized spacial score (nSPS) is 10.5. The van der Waals surface area contributed by atoms with Crippen molar-refractivity contribution in [1.29, 1.82) is 0 Å². The van der Waals surface area contributed by atoms with Gasteiger partial charge in [0.25, 0.3) is 0 Å². The van der Waals surface area contributed by atoms with Gasteiger partial charge in [0.15, 0.2) is 0 Å². The van der Waals surface area contributed by atoms with Crippen LogP contribution in [-0.2, 0) is 0 Å². The average Bonchev–Trinajstić information content (AvgIpc) is 1.83. The Morgan fingerprint density at radius 3 is 2.62 bits per heavy atom. The summed E-state index contributed by atoms with van der Waals surface area (Å²) in [6.45, 7) is 5.09. The Labute approximate surface area is 50.8 Å². The minimum Gasteiger partial charge on any atom is -0.305 e. The first-order chi connectivity index (χ1) is 3.81. The molecule has 8 heavy (non-hydrogen) atoms. The fourth-order valence-corrected chi connectivity index (χ4v) is 0.414. The maximum absolute atomic E-state index is 5.05. The van der Waals surface area contributed by atoms with Crippen LogP contribution in [0.5, 0.6) is 0 Å². The van der Waals surface area contributed by atoms with Crippen LogP contribution < -0.4 is 11.3 Å². The molecular formula is C5H15N3. The van der Waals surface area contributed by atoms with Crippen molar-refractivity contribution in [2.75, 3.05) is 26.7 Å². The van der Waals surface area contributed by atoms with Crippen LogP contribution in [0.1, 0.15) is 6.92 Å². The van der Waals surface area contributed by atoms with Gasteiger partial charge in [-0.15, -0.1) is 0 Å². The minimum absolute atomic E-state index is 0.865. The molecule has 3 N–H and O–H groups in total. The van der Waals surface area contributed by atoms with Gasteiger partial charge in [-0.3, -0.25) is 11.3 Å². The van der Waals surface area contributed by atoms with Crippen molar-refractivity contribution in [3.8, 4) is 0 Å². The zero-order valence-electron chi connectivity index (χ0n) is 5.65. The summed E-state index contributed by atoms with van der Waals surface area (Å²) < 4.78 is 0. The van der Waals surface area contributed by atoms with Crippen LogP contribution in [0.4, 0.5) is 0 Å². The first kappa shape index (κ1) is 7.88. The van der Waals surface area contributed by atoms with Gasteiger partial charge in [0, 0.05) is 13.1 Å². The molecule has 0 aliphatic carbocycles. The monoisotopic (exact) mass is 117 g/mol. The molecule has 0 saturated heterocycles. The Morgan fingerprint density at radius 2 is 2.25 bits per heavy atom. The third kappa shape index (κ3) is 4.05. The summed E-state index contributed by atoms with van der Waals surface area (Å²) in [5, 5.41) is 0. The zero-order valence-corrected chi connectivity index (χ0v) is 5.65. The topological polar surface area (TPSA) is 41.3 Å². The minimum atomic E-state index is 0.865. The predicted octanol–water partition coefficient (Wildman–Crippen LogP) is -0.599. The van der Waals surface area contributed by atoms with Crippen molar-refractivity contribution in [3.63, 3.8) is 0 Å². The van der Waals surface area contributed by atoms with Crippen LogP contribution in [0.25, 0.3) is 0 Å². The zero-order chi connectivity index (χ0) is 6.41. The molecule has 0 fully saturated rings. The molecule has 50 valence electrons. The smallest absolute Gasteiger partial charge is 0.0225 e. The Balaban J connectivity index is 2.86. The van der Waals surface area contributed by atoms with Crippen molar-refractivity contribution < 1.29 is 0 Å². The van der Waals surface area contributed by atoms with Gasteiger partial charge in [-0.1, -0.05) is 6.92 Å². The van der Waals surface area contributed by atoms with E-state index in [1.807, 2.05) is 0 Å². The summed E-state index contributed by atoms with van der Waals surface area (Å²) in [5.41, 5.74) is 2.59. The lowest BCUT2D eigenvalue weighted by molar-refractivity contribution is 0.350. The quantitative estimate of drug-likeness (QED) is 0.382. The maximum Gasteiger partial charge on any atom is 0.0225 e. The lowest BCUT2D eigenvalue weighted by Crippen LogP contribution is -2.32. The standard InChI is InChI=1S/C5H15N3/c1-3-8(2)5-4-7-6/h7H,3-6H2,1-2H3. The Bertz CT molecular complexity index is 46.9.